The summed E-state index contributed by atoms with van der Waals surface area (Å²) in [5.74, 6) is 1.68. The van der Waals surface area contributed by atoms with Crippen molar-refractivity contribution in [1.29, 1.82) is 0 Å². The van der Waals surface area contributed by atoms with Gasteiger partial charge >= 0.3 is 0 Å². The molecule has 0 fully saturated rings. The molecule has 0 spiro atoms. The van der Waals surface area contributed by atoms with E-state index in [2.05, 4.69) is 179 Å². The van der Waals surface area contributed by atoms with Crippen molar-refractivity contribution in [2.45, 2.75) is 0 Å². The maximum atomic E-state index is 6.37. The lowest BCUT2D eigenvalue weighted by atomic mass is 9.94. The summed E-state index contributed by atoms with van der Waals surface area (Å²) in [6.45, 7) is 0. The second-order valence-corrected chi connectivity index (χ2v) is 16.0. The molecule has 0 radical (unpaired) electrons. The molecule has 13 rings (SSSR count). The van der Waals surface area contributed by atoms with E-state index in [9.17, 15) is 0 Å². The van der Waals surface area contributed by atoms with Crippen LogP contribution in [0.2, 0.25) is 0 Å². The highest BCUT2D eigenvalue weighted by Crippen LogP contribution is 2.43. The van der Waals surface area contributed by atoms with Crippen molar-refractivity contribution in [3.05, 3.63) is 212 Å². The minimum Gasteiger partial charge on any atom is -0.456 e. The minimum atomic E-state index is 0.532. The summed E-state index contributed by atoms with van der Waals surface area (Å²) in [5, 5.41) is 6.67. The van der Waals surface area contributed by atoms with Gasteiger partial charge in [0.1, 0.15) is 11.2 Å². The monoisotopic (exact) mass is 805 g/mol. The van der Waals surface area contributed by atoms with E-state index >= 15 is 0 Å². The van der Waals surface area contributed by atoms with Crippen LogP contribution in [0.5, 0.6) is 0 Å². The molecule has 0 aliphatic heterocycles. The van der Waals surface area contributed by atoms with Crippen molar-refractivity contribution >= 4 is 65.6 Å². The second-order valence-electron chi connectivity index (χ2n) is 16.0. The molecule has 0 bridgehead atoms. The van der Waals surface area contributed by atoms with Gasteiger partial charge in [0.2, 0.25) is 5.95 Å². The summed E-state index contributed by atoms with van der Waals surface area (Å²) < 4.78 is 11.0. The molecule has 13 aromatic rings. The highest BCUT2D eigenvalue weighted by Gasteiger charge is 2.24. The molecule has 294 valence electrons. The number of benzene rings is 9. The Kier molecular flexibility index (Phi) is 7.80. The van der Waals surface area contributed by atoms with Crippen molar-refractivity contribution in [3.8, 4) is 56.7 Å². The van der Waals surface area contributed by atoms with Crippen LogP contribution >= 0.6 is 0 Å². The van der Waals surface area contributed by atoms with Gasteiger partial charge in [-0.1, -0.05) is 170 Å². The Balaban J connectivity index is 1.10. The van der Waals surface area contributed by atoms with Crippen LogP contribution in [0.3, 0.4) is 0 Å². The van der Waals surface area contributed by atoms with Gasteiger partial charge in [-0.05, 0) is 64.7 Å². The first kappa shape index (κ1) is 35.2. The summed E-state index contributed by atoms with van der Waals surface area (Å²) in [7, 11) is 0. The fraction of sp³-hybridized carbons (Fsp3) is 0. The minimum absolute atomic E-state index is 0.532. The predicted octanol–water partition coefficient (Wildman–Crippen LogP) is 14.6. The van der Waals surface area contributed by atoms with Crippen LogP contribution in [-0.4, -0.2) is 24.1 Å². The largest absolute Gasteiger partial charge is 0.456 e. The molecule has 63 heavy (non-hydrogen) atoms. The summed E-state index contributed by atoms with van der Waals surface area (Å²) in [4.78, 5) is 15.9. The fourth-order valence-corrected chi connectivity index (χ4v) is 9.57. The highest BCUT2D eigenvalue weighted by molar-refractivity contribution is 6.23. The van der Waals surface area contributed by atoms with E-state index in [0.717, 1.165) is 82.5 Å². The first-order valence-corrected chi connectivity index (χ1v) is 21.2. The molecular weight excluding hydrogens is 771 g/mol. The van der Waals surface area contributed by atoms with Crippen LogP contribution < -0.4 is 0 Å². The summed E-state index contributed by atoms with van der Waals surface area (Å²) in [5.41, 5.74) is 13.4. The maximum Gasteiger partial charge on any atom is 0.238 e. The summed E-state index contributed by atoms with van der Waals surface area (Å²) >= 11 is 0. The Morgan fingerprint density at radius 1 is 0.317 bits per heavy atom. The molecule has 0 atom stereocenters. The number of nitrogens with zero attached hydrogens (tertiary/aromatic N) is 5. The van der Waals surface area contributed by atoms with Gasteiger partial charge in [0, 0.05) is 49.1 Å². The molecule has 0 saturated carbocycles. The van der Waals surface area contributed by atoms with Gasteiger partial charge in [0.15, 0.2) is 11.6 Å². The molecule has 0 unspecified atom stereocenters. The lowest BCUT2D eigenvalue weighted by Crippen LogP contribution is -2.07. The molecule has 6 nitrogen and oxygen atoms in total. The number of rotatable bonds is 6. The molecule has 4 heterocycles. The van der Waals surface area contributed by atoms with E-state index in [1.165, 1.54) is 22.1 Å². The lowest BCUT2D eigenvalue weighted by Gasteiger charge is -2.15. The molecule has 0 amide bonds. The first-order valence-electron chi connectivity index (χ1n) is 21.2. The van der Waals surface area contributed by atoms with Crippen molar-refractivity contribution in [3.63, 3.8) is 0 Å². The van der Waals surface area contributed by atoms with Crippen LogP contribution in [0.4, 0.5) is 0 Å². The van der Waals surface area contributed by atoms with Crippen molar-refractivity contribution in [2.24, 2.45) is 0 Å². The Morgan fingerprint density at radius 2 is 0.841 bits per heavy atom. The Morgan fingerprint density at radius 3 is 1.57 bits per heavy atom. The Labute approximate surface area is 361 Å². The molecule has 0 saturated heterocycles. The zero-order valence-corrected chi connectivity index (χ0v) is 33.9. The molecule has 9 aromatic carbocycles. The topological polar surface area (TPSA) is 61.7 Å². The third-order valence-electron chi connectivity index (χ3n) is 12.4. The van der Waals surface area contributed by atoms with Crippen LogP contribution in [0.25, 0.3) is 122 Å². The van der Waals surface area contributed by atoms with Gasteiger partial charge in [0.25, 0.3) is 0 Å². The van der Waals surface area contributed by atoms with Crippen LogP contribution in [0.1, 0.15) is 0 Å². The van der Waals surface area contributed by atoms with Gasteiger partial charge in [-0.25, -0.2) is 4.98 Å². The smallest absolute Gasteiger partial charge is 0.238 e. The average Bonchev–Trinajstić information content (AvgIpc) is 4.02. The molecule has 0 aliphatic carbocycles. The van der Waals surface area contributed by atoms with E-state index < -0.39 is 0 Å². The third kappa shape index (κ3) is 5.55. The molecule has 0 aliphatic rings. The number of para-hydroxylation sites is 3. The quantitative estimate of drug-likeness (QED) is 0.168. The zero-order valence-electron chi connectivity index (χ0n) is 33.9. The number of furan rings is 1. The molecule has 6 heteroatoms. The number of fused-ring (bicyclic) bond motifs is 10. The van der Waals surface area contributed by atoms with E-state index in [0.29, 0.717) is 17.6 Å². The number of hydrogen-bond donors (Lipinski definition) is 0. The first-order chi connectivity index (χ1) is 31.2. The van der Waals surface area contributed by atoms with Crippen molar-refractivity contribution < 1.29 is 4.42 Å². The van der Waals surface area contributed by atoms with Gasteiger partial charge in [-0.3, -0.25) is 4.57 Å². The predicted molar refractivity (Wildman–Crippen MR) is 258 cm³/mol. The van der Waals surface area contributed by atoms with Crippen molar-refractivity contribution in [2.75, 3.05) is 0 Å². The van der Waals surface area contributed by atoms with Crippen LogP contribution in [-0.2, 0) is 0 Å². The van der Waals surface area contributed by atoms with Crippen molar-refractivity contribution in [1.82, 2.24) is 24.1 Å². The Hall–Kier alpha value is -8.61. The maximum absolute atomic E-state index is 6.37. The van der Waals surface area contributed by atoms with Gasteiger partial charge in [-0.15, -0.1) is 0 Å². The lowest BCUT2D eigenvalue weighted by molar-refractivity contribution is 0.669. The summed E-state index contributed by atoms with van der Waals surface area (Å²) in [6.07, 6.45) is 0. The Bertz CT molecular complexity index is 3920. The normalized spacial score (nSPS) is 11.8. The van der Waals surface area contributed by atoms with Crippen LogP contribution in [0.15, 0.2) is 217 Å². The van der Waals surface area contributed by atoms with Gasteiger partial charge < -0.3 is 8.98 Å². The van der Waals surface area contributed by atoms with Gasteiger partial charge in [-0.2, -0.15) is 9.97 Å². The zero-order chi connectivity index (χ0) is 41.4. The SMILES string of the molecule is c1ccc(-c2nc(-c3ccc4c(c3)oc3ccccc34)nc(-n3c4ccccc4c4ccc5c6ccccc6n(-c6cccc(-c7ccccc7-c7ccccc7)c6)c5c43)n2)cc1. The van der Waals surface area contributed by atoms with E-state index in [1.807, 2.05) is 42.5 Å². The summed E-state index contributed by atoms with van der Waals surface area (Å²) in [6, 6.07) is 74.6. The van der Waals surface area contributed by atoms with Crippen LogP contribution in [0, 0.1) is 0 Å². The molecular formula is C57H35N5O. The second kappa shape index (κ2) is 14.0. The average molecular weight is 806 g/mol. The fourth-order valence-electron chi connectivity index (χ4n) is 9.57. The molecule has 0 N–H and O–H groups in total. The highest BCUT2D eigenvalue weighted by atomic mass is 16.3. The number of hydrogen-bond acceptors (Lipinski definition) is 4. The van der Waals surface area contributed by atoms with E-state index in [1.54, 1.807) is 0 Å². The van der Waals surface area contributed by atoms with E-state index in [4.69, 9.17) is 19.4 Å². The van der Waals surface area contributed by atoms with Gasteiger partial charge in [0.05, 0.1) is 22.1 Å². The molecule has 4 aromatic heterocycles. The third-order valence-corrected chi connectivity index (χ3v) is 12.4. The standard InChI is InChI=1S/C57H35N5O/c1-3-16-36(17-4-1)41-22-7-8-23-42(41)38-20-15-21-40(34-38)61-49-27-12-9-24-43(49)47-32-33-48-44-25-10-13-28-50(44)62(54(48)53(47)61)57-59-55(37-18-5-2-6-19-37)58-56(60-57)39-30-31-46-45-26-11-14-29-51(45)63-52(46)35-39/h1-35H. The van der Waals surface area contributed by atoms with E-state index in [-0.39, 0.29) is 0 Å². The number of aromatic nitrogens is 5.